The Morgan fingerprint density at radius 1 is 1.24 bits per heavy atom. The molecule has 1 fully saturated rings. The minimum atomic E-state index is 0.414. The van der Waals surface area contributed by atoms with Gasteiger partial charge in [0.05, 0.1) is 12.2 Å². The van der Waals surface area contributed by atoms with Crippen LogP contribution in [0.5, 0.6) is 0 Å². The molecular formula is C24H32ClN3S. The van der Waals surface area contributed by atoms with Crippen molar-refractivity contribution in [1.82, 2.24) is 4.68 Å². The summed E-state index contributed by atoms with van der Waals surface area (Å²) in [5.74, 6) is 0.780. The number of rotatable bonds is 6. The van der Waals surface area contributed by atoms with E-state index < -0.39 is 0 Å². The summed E-state index contributed by atoms with van der Waals surface area (Å²) in [4.78, 5) is 5.67. The van der Waals surface area contributed by atoms with Gasteiger partial charge in [0.25, 0.3) is 0 Å². The van der Waals surface area contributed by atoms with Crippen molar-refractivity contribution in [1.29, 1.82) is 0 Å². The zero-order valence-corrected chi connectivity index (χ0v) is 19.6. The SMILES string of the molecule is C=C(C)CN=c1scc(-c2ccc(Cl)cc2)n1N=C1CCC(C(C)(C)CC)CC1. The first kappa shape index (κ1) is 22.0. The van der Waals surface area contributed by atoms with E-state index in [-0.39, 0.29) is 0 Å². The molecule has 0 amide bonds. The molecule has 0 radical (unpaired) electrons. The molecule has 3 rings (SSSR count). The third kappa shape index (κ3) is 5.49. The number of benzene rings is 1. The Kier molecular flexibility index (Phi) is 7.18. The first-order valence-corrected chi connectivity index (χ1v) is 11.7. The maximum absolute atomic E-state index is 6.09. The van der Waals surface area contributed by atoms with Crippen LogP contribution < -0.4 is 4.80 Å². The lowest BCUT2D eigenvalue weighted by Crippen LogP contribution is -2.28. The van der Waals surface area contributed by atoms with Crippen LogP contribution in [0.4, 0.5) is 0 Å². The number of hydrogen-bond donors (Lipinski definition) is 0. The number of aromatic nitrogens is 1. The quantitative estimate of drug-likeness (QED) is 0.435. The topological polar surface area (TPSA) is 29.6 Å². The van der Waals surface area contributed by atoms with Crippen molar-refractivity contribution >= 4 is 28.6 Å². The highest BCUT2D eigenvalue weighted by Gasteiger charge is 2.30. The Balaban J connectivity index is 1.93. The van der Waals surface area contributed by atoms with Crippen LogP contribution in [0.2, 0.25) is 5.02 Å². The van der Waals surface area contributed by atoms with Crippen molar-refractivity contribution in [3.8, 4) is 11.3 Å². The van der Waals surface area contributed by atoms with E-state index in [9.17, 15) is 0 Å². The minimum Gasteiger partial charge on any atom is -0.253 e. The predicted molar refractivity (Wildman–Crippen MR) is 127 cm³/mol. The van der Waals surface area contributed by atoms with E-state index in [1.54, 1.807) is 11.3 Å². The second kappa shape index (κ2) is 9.44. The van der Waals surface area contributed by atoms with Gasteiger partial charge in [-0.2, -0.15) is 5.10 Å². The number of halogens is 1. The third-order valence-corrected chi connectivity index (χ3v) is 7.24. The van der Waals surface area contributed by atoms with Gasteiger partial charge >= 0.3 is 0 Å². The van der Waals surface area contributed by atoms with Gasteiger partial charge in [-0.25, -0.2) is 4.68 Å². The van der Waals surface area contributed by atoms with Gasteiger partial charge < -0.3 is 0 Å². The normalized spacial score (nSPS) is 18.2. The first-order valence-electron chi connectivity index (χ1n) is 10.5. The number of nitrogens with zero attached hydrogens (tertiary/aromatic N) is 3. The van der Waals surface area contributed by atoms with Crippen LogP contribution in [0.15, 0.2) is 51.9 Å². The smallest absolute Gasteiger partial charge is 0.206 e. The maximum Gasteiger partial charge on any atom is 0.206 e. The Morgan fingerprint density at radius 2 is 1.90 bits per heavy atom. The van der Waals surface area contributed by atoms with Crippen molar-refractivity contribution in [2.75, 3.05) is 6.54 Å². The van der Waals surface area contributed by atoms with Crippen molar-refractivity contribution in [2.24, 2.45) is 21.4 Å². The molecule has 1 aromatic heterocycles. The molecule has 1 aromatic carbocycles. The Hall–Kier alpha value is -1.65. The van der Waals surface area contributed by atoms with Gasteiger partial charge in [-0.1, -0.05) is 63.1 Å². The summed E-state index contributed by atoms with van der Waals surface area (Å²) in [6.45, 7) is 13.7. The van der Waals surface area contributed by atoms with Gasteiger partial charge in [-0.05, 0) is 56.1 Å². The largest absolute Gasteiger partial charge is 0.253 e. The summed E-state index contributed by atoms with van der Waals surface area (Å²) in [5, 5.41) is 7.96. The highest BCUT2D eigenvalue weighted by Crippen LogP contribution is 2.39. The Bertz CT molecular complexity index is 937. The first-order chi connectivity index (χ1) is 13.8. The lowest BCUT2D eigenvalue weighted by Gasteiger charge is -2.36. The second-order valence-electron chi connectivity index (χ2n) is 8.78. The molecule has 2 aromatic rings. The van der Waals surface area contributed by atoms with Crippen LogP contribution in [0.1, 0.15) is 59.8 Å². The van der Waals surface area contributed by atoms with E-state index in [0.717, 1.165) is 45.4 Å². The molecular weight excluding hydrogens is 398 g/mol. The van der Waals surface area contributed by atoms with Crippen molar-refractivity contribution < 1.29 is 0 Å². The van der Waals surface area contributed by atoms with E-state index in [0.29, 0.717) is 12.0 Å². The fraction of sp³-hybridized carbons (Fsp3) is 0.500. The molecule has 0 saturated heterocycles. The van der Waals surface area contributed by atoms with E-state index in [4.69, 9.17) is 21.7 Å². The molecule has 0 N–H and O–H groups in total. The van der Waals surface area contributed by atoms with Crippen LogP contribution >= 0.6 is 22.9 Å². The molecule has 0 unspecified atom stereocenters. The van der Waals surface area contributed by atoms with Gasteiger partial charge in [0.2, 0.25) is 4.80 Å². The Morgan fingerprint density at radius 3 is 2.48 bits per heavy atom. The van der Waals surface area contributed by atoms with Crippen LogP contribution in [-0.2, 0) is 0 Å². The summed E-state index contributed by atoms with van der Waals surface area (Å²) in [6, 6.07) is 7.94. The molecule has 1 aliphatic carbocycles. The standard InChI is InChI=1S/C24H32ClN3S/c1-6-24(4,5)19-9-13-21(14-10-19)27-28-22(18-7-11-20(25)12-8-18)16-29-23(28)26-15-17(2)3/h7-8,11-12,16,19H,2,6,9-10,13-15H2,1,3-5H3. The summed E-state index contributed by atoms with van der Waals surface area (Å²) in [5.41, 5.74) is 4.91. The van der Waals surface area contributed by atoms with E-state index in [1.165, 1.54) is 25.0 Å². The minimum absolute atomic E-state index is 0.414. The monoisotopic (exact) mass is 429 g/mol. The molecule has 1 saturated carbocycles. The van der Waals surface area contributed by atoms with Crippen molar-refractivity contribution in [3.05, 3.63) is 51.6 Å². The van der Waals surface area contributed by atoms with Gasteiger partial charge in [0.1, 0.15) is 0 Å². The summed E-state index contributed by atoms with van der Waals surface area (Å²) < 4.78 is 2.03. The lowest BCUT2D eigenvalue weighted by molar-refractivity contribution is 0.176. The molecule has 5 heteroatoms. The molecule has 29 heavy (non-hydrogen) atoms. The van der Waals surface area contributed by atoms with Crippen molar-refractivity contribution in [2.45, 2.75) is 59.8 Å². The summed E-state index contributed by atoms with van der Waals surface area (Å²) >= 11 is 7.72. The van der Waals surface area contributed by atoms with Crippen LogP contribution in [0.25, 0.3) is 11.3 Å². The summed E-state index contributed by atoms with van der Waals surface area (Å²) in [7, 11) is 0. The van der Waals surface area contributed by atoms with Crippen LogP contribution in [0.3, 0.4) is 0 Å². The van der Waals surface area contributed by atoms with E-state index in [2.05, 4.69) is 32.7 Å². The van der Waals surface area contributed by atoms with Crippen LogP contribution in [0, 0.1) is 11.3 Å². The fourth-order valence-corrected chi connectivity index (χ4v) is 4.75. The highest BCUT2D eigenvalue weighted by molar-refractivity contribution is 7.07. The number of thiazole rings is 1. The molecule has 1 aliphatic rings. The molecule has 0 aliphatic heterocycles. The predicted octanol–water partition coefficient (Wildman–Crippen LogP) is 7.18. The van der Waals surface area contributed by atoms with Gasteiger partial charge in [-0.3, -0.25) is 4.99 Å². The third-order valence-electron chi connectivity index (χ3n) is 6.13. The second-order valence-corrected chi connectivity index (χ2v) is 10.1. The molecule has 0 spiro atoms. The highest BCUT2D eigenvalue weighted by atomic mass is 35.5. The maximum atomic E-state index is 6.09. The molecule has 1 heterocycles. The molecule has 156 valence electrons. The fourth-order valence-electron chi connectivity index (χ4n) is 3.79. The van der Waals surface area contributed by atoms with E-state index in [1.807, 2.05) is 35.9 Å². The van der Waals surface area contributed by atoms with Crippen molar-refractivity contribution in [3.63, 3.8) is 0 Å². The van der Waals surface area contributed by atoms with E-state index >= 15 is 0 Å². The van der Waals surface area contributed by atoms with Gasteiger partial charge in [-0.15, -0.1) is 11.3 Å². The van der Waals surface area contributed by atoms with Crippen LogP contribution in [-0.4, -0.2) is 16.9 Å². The summed E-state index contributed by atoms with van der Waals surface area (Å²) in [6.07, 6.45) is 5.81. The molecule has 0 atom stereocenters. The van der Waals surface area contributed by atoms with Gasteiger partial charge in [0.15, 0.2) is 0 Å². The zero-order chi connectivity index (χ0) is 21.0. The Labute approximate surface area is 183 Å². The number of hydrogen-bond acceptors (Lipinski definition) is 3. The zero-order valence-electron chi connectivity index (χ0n) is 18.0. The molecule has 3 nitrogen and oxygen atoms in total. The average Bonchev–Trinajstić information content (AvgIpc) is 3.10. The van der Waals surface area contributed by atoms with Gasteiger partial charge in [0, 0.05) is 21.7 Å². The lowest BCUT2D eigenvalue weighted by atomic mass is 9.69. The molecule has 0 bridgehead atoms. The average molecular weight is 430 g/mol.